The molecule has 4 nitrogen and oxygen atoms in total. The Bertz CT molecular complexity index is 649. The Morgan fingerprint density at radius 1 is 1.48 bits per heavy atom. The maximum absolute atomic E-state index is 13.5. The second kappa shape index (κ2) is 6.60. The standard InChI is InChI=1S/C13H17FN2O2S3/c1-20-9-3-2-8(6-9)16-21(17,18)10-4-5-12(14)11(7-10)13(15)19/h4-5,7-9,16H,2-3,6H2,1H3,(H2,15,19). The van der Waals surface area contributed by atoms with E-state index in [9.17, 15) is 12.8 Å². The molecule has 0 spiro atoms. The summed E-state index contributed by atoms with van der Waals surface area (Å²) in [7, 11) is -3.69. The summed E-state index contributed by atoms with van der Waals surface area (Å²) >= 11 is 6.47. The first kappa shape index (κ1) is 16.7. The number of nitrogens with one attached hydrogen (secondary N) is 1. The highest BCUT2D eigenvalue weighted by molar-refractivity contribution is 7.99. The third-order valence-corrected chi connectivity index (χ3v) is 6.39. The maximum Gasteiger partial charge on any atom is 0.240 e. The number of hydrogen-bond acceptors (Lipinski definition) is 4. The molecule has 1 aliphatic carbocycles. The van der Waals surface area contributed by atoms with Crippen LogP contribution in [0, 0.1) is 5.82 Å². The van der Waals surface area contributed by atoms with Crippen molar-refractivity contribution in [3.63, 3.8) is 0 Å². The van der Waals surface area contributed by atoms with Crippen LogP contribution >= 0.6 is 24.0 Å². The van der Waals surface area contributed by atoms with E-state index in [1.54, 1.807) is 11.8 Å². The molecule has 2 rings (SSSR count). The summed E-state index contributed by atoms with van der Waals surface area (Å²) in [4.78, 5) is -0.174. The maximum atomic E-state index is 13.5. The van der Waals surface area contributed by atoms with Gasteiger partial charge < -0.3 is 5.73 Å². The zero-order valence-corrected chi connectivity index (χ0v) is 14.0. The minimum absolute atomic E-state index is 0.0145. The van der Waals surface area contributed by atoms with Crippen molar-refractivity contribution in [3.05, 3.63) is 29.6 Å². The van der Waals surface area contributed by atoms with Crippen LogP contribution in [0.3, 0.4) is 0 Å². The molecule has 1 aromatic rings. The van der Waals surface area contributed by atoms with Gasteiger partial charge in [0.05, 0.1) is 4.90 Å². The Labute approximate surface area is 133 Å². The Kier molecular flexibility index (Phi) is 5.24. The van der Waals surface area contributed by atoms with Gasteiger partial charge in [-0.25, -0.2) is 17.5 Å². The van der Waals surface area contributed by atoms with Crippen molar-refractivity contribution in [1.82, 2.24) is 4.72 Å². The van der Waals surface area contributed by atoms with E-state index in [0.717, 1.165) is 25.3 Å². The molecule has 0 saturated heterocycles. The molecule has 1 aromatic carbocycles. The molecule has 0 heterocycles. The molecule has 0 aromatic heterocycles. The van der Waals surface area contributed by atoms with E-state index < -0.39 is 15.8 Å². The molecular weight excluding hydrogens is 331 g/mol. The SMILES string of the molecule is CSC1CCC(NS(=O)(=O)c2ccc(F)c(C(N)=S)c2)C1. The third-order valence-electron chi connectivity index (χ3n) is 3.55. The van der Waals surface area contributed by atoms with Gasteiger partial charge in [0.15, 0.2) is 0 Å². The summed E-state index contributed by atoms with van der Waals surface area (Å²) < 4.78 is 40.9. The predicted octanol–water partition coefficient (Wildman–Crippen LogP) is 2.02. The van der Waals surface area contributed by atoms with Crippen LogP contribution in [0.5, 0.6) is 0 Å². The van der Waals surface area contributed by atoms with Gasteiger partial charge in [0.2, 0.25) is 10.0 Å². The normalized spacial score (nSPS) is 22.4. The van der Waals surface area contributed by atoms with Gasteiger partial charge in [-0.15, -0.1) is 0 Å². The van der Waals surface area contributed by atoms with E-state index in [1.165, 1.54) is 12.1 Å². The first-order valence-corrected chi connectivity index (χ1v) is 9.66. The molecule has 116 valence electrons. The average molecular weight is 348 g/mol. The summed E-state index contributed by atoms with van der Waals surface area (Å²) in [6.07, 6.45) is 4.64. The Hall–Kier alpha value is -0.700. The third kappa shape index (κ3) is 3.94. The first-order valence-electron chi connectivity index (χ1n) is 6.48. The molecule has 2 atom stereocenters. The number of hydrogen-bond donors (Lipinski definition) is 2. The summed E-state index contributed by atoms with van der Waals surface area (Å²) in [5.41, 5.74) is 5.35. The zero-order valence-electron chi connectivity index (χ0n) is 11.5. The first-order chi connectivity index (χ1) is 9.83. The number of thioether (sulfide) groups is 1. The molecule has 1 saturated carbocycles. The van der Waals surface area contributed by atoms with E-state index in [0.29, 0.717) is 5.25 Å². The molecule has 0 aliphatic heterocycles. The van der Waals surface area contributed by atoms with Gasteiger partial charge in [-0.05, 0) is 43.7 Å². The Balaban J connectivity index is 2.20. The fourth-order valence-corrected chi connectivity index (χ4v) is 4.67. The van der Waals surface area contributed by atoms with Gasteiger partial charge in [-0.3, -0.25) is 0 Å². The van der Waals surface area contributed by atoms with Crippen molar-refractivity contribution in [1.29, 1.82) is 0 Å². The van der Waals surface area contributed by atoms with Crippen molar-refractivity contribution in [3.8, 4) is 0 Å². The highest BCUT2D eigenvalue weighted by Gasteiger charge is 2.28. The predicted molar refractivity (Wildman–Crippen MR) is 87.6 cm³/mol. The van der Waals surface area contributed by atoms with Crippen LogP contribution in [0.2, 0.25) is 0 Å². The van der Waals surface area contributed by atoms with Crippen molar-refractivity contribution >= 4 is 39.0 Å². The fourth-order valence-electron chi connectivity index (χ4n) is 2.41. The second-order valence-electron chi connectivity index (χ2n) is 4.99. The fraction of sp³-hybridized carbons (Fsp3) is 0.462. The largest absolute Gasteiger partial charge is 0.389 e. The average Bonchev–Trinajstić information content (AvgIpc) is 2.85. The van der Waals surface area contributed by atoms with E-state index >= 15 is 0 Å². The lowest BCUT2D eigenvalue weighted by molar-refractivity contribution is 0.552. The van der Waals surface area contributed by atoms with E-state index in [-0.39, 0.29) is 21.5 Å². The number of halogens is 1. The quantitative estimate of drug-likeness (QED) is 0.797. The molecular formula is C13H17FN2O2S3. The van der Waals surface area contributed by atoms with Gasteiger partial charge in [0, 0.05) is 16.9 Å². The molecule has 0 radical (unpaired) electrons. The number of rotatable bonds is 5. The van der Waals surface area contributed by atoms with Crippen LogP contribution in [-0.4, -0.2) is 31.0 Å². The molecule has 8 heteroatoms. The monoisotopic (exact) mass is 348 g/mol. The molecule has 2 unspecified atom stereocenters. The zero-order chi connectivity index (χ0) is 15.6. The van der Waals surface area contributed by atoms with Crippen LogP contribution in [0.1, 0.15) is 24.8 Å². The minimum Gasteiger partial charge on any atom is -0.389 e. The summed E-state index contributed by atoms with van der Waals surface area (Å²) in [5, 5.41) is 0.484. The molecule has 0 amide bonds. The topological polar surface area (TPSA) is 72.2 Å². The lowest BCUT2D eigenvalue weighted by Gasteiger charge is -2.14. The van der Waals surface area contributed by atoms with E-state index in [2.05, 4.69) is 4.72 Å². The van der Waals surface area contributed by atoms with Crippen LogP contribution in [0.25, 0.3) is 0 Å². The van der Waals surface area contributed by atoms with Gasteiger partial charge in [-0.1, -0.05) is 12.2 Å². The van der Waals surface area contributed by atoms with Crippen molar-refractivity contribution in [2.75, 3.05) is 6.26 Å². The number of thiocarbonyl (C=S) groups is 1. The highest BCUT2D eigenvalue weighted by atomic mass is 32.2. The van der Waals surface area contributed by atoms with Crippen LogP contribution in [0.15, 0.2) is 23.1 Å². The lowest BCUT2D eigenvalue weighted by Crippen LogP contribution is -2.33. The summed E-state index contributed by atoms with van der Waals surface area (Å²) in [6.45, 7) is 0. The van der Waals surface area contributed by atoms with E-state index in [1.807, 2.05) is 6.26 Å². The summed E-state index contributed by atoms with van der Waals surface area (Å²) in [6, 6.07) is 3.40. The number of sulfonamides is 1. The van der Waals surface area contributed by atoms with Crippen LogP contribution in [-0.2, 0) is 10.0 Å². The second-order valence-corrected chi connectivity index (χ2v) is 8.29. The number of nitrogens with two attached hydrogens (primary N) is 1. The van der Waals surface area contributed by atoms with Crippen molar-refractivity contribution in [2.24, 2.45) is 5.73 Å². The van der Waals surface area contributed by atoms with Gasteiger partial charge >= 0.3 is 0 Å². The van der Waals surface area contributed by atoms with Crippen LogP contribution in [0.4, 0.5) is 4.39 Å². The smallest absolute Gasteiger partial charge is 0.240 e. The summed E-state index contributed by atoms with van der Waals surface area (Å²) in [5.74, 6) is -0.621. The Morgan fingerprint density at radius 2 is 2.19 bits per heavy atom. The molecule has 1 aliphatic rings. The molecule has 21 heavy (non-hydrogen) atoms. The molecule has 3 N–H and O–H groups in total. The lowest BCUT2D eigenvalue weighted by atomic mass is 10.2. The number of benzene rings is 1. The molecule has 1 fully saturated rings. The van der Waals surface area contributed by atoms with Crippen molar-refractivity contribution < 1.29 is 12.8 Å². The molecule has 0 bridgehead atoms. The minimum atomic E-state index is -3.69. The van der Waals surface area contributed by atoms with Crippen LogP contribution < -0.4 is 10.5 Å². The van der Waals surface area contributed by atoms with Gasteiger partial charge in [0.1, 0.15) is 10.8 Å². The Morgan fingerprint density at radius 3 is 2.76 bits per heavy atom. The van der Waals surface area contributed by atoms with Gasteiger partial charge in [-0.2, -0.15) is 11.8 Å². The van der Waals surface area contributed by atoms with Crippen molar-refractivity contribution in [2.45, 2.75) is 35.4 Å². The van der Waals surface area contributed by atoms with Gasteiger partial charge in [0.25, 0.3) is 0 Å². The highest BCUT2D eigenvalue weighted by Crippen LogP contribution is 2.29. The van der Waals surface area contributed by atoms with E-state index in [4.69, 9.17) is 18.0 Å².